The van der Waals surface area contributed by atoms with Crippen LogP contribution >= 0.6 is 11.6 Å². The van der Waals surface area contributed by atoms with Gasteiger partial charge in [0.05, 0.1) is 19.1 Å². The number of amides is 2. The van der Waals surface area contributed by atoms with Crippen LogP contribution in [-0.2, 0) is 16.1 Å². The van der Waals surface area contributed by atoms with Gasteiger partial charge in [-0.3, -0.25) is 14.4 Å². The topological polar surface area (TPSA) is 75.7 Å². The van der Waals surface area contributed by atoms with Crippen molar-refractivity contribution < 1.29 is 19.1 Å². The first-order chi connectivity index (χ1) is 21.7. The van der Waals surface area contributed by atoms with Crippen LogP contribution < -0.4 is 10.1 Å². The van der Waals surface area contributed by atoms with Crippen LogP contribution in [0.15, 0.2) is 103 Å². The normalized spacial score (nSPS) is 19.4. The molecule has 1 aliphatic heterocycles. The standard InChI is InChI=1S/C38H39ClN2O4/c1-24(2)22-32(42)41-35(28-16-20-31(45-4)21-17-28)34(37(43)29-8-6-5-7-9-29)33(27-14-18-30(39)19-15-27)36(41)38(44)40-23-26-12-10-25(3)11-13-26/h5-21,24,33-36H,22-23H2,1-4H3,(H,40,44). The van der Waals surface area contributed by atoms with E-state index in [4.69, 9.17) is 16.3 Å². The van der Waals surface area contributed by atoms with E-state index in [-0.39, 0.29) is 29.9 Å². The van der Waals surface area contributed by atoms with Gasteiger partial charge < -0.3 is 15.0 Å². The molecule has 0 radical (unpaired) electrons. The number of likely N-dealkylation sites (tertiary alicyclic amines) is 1. The monoisotopic (exact) mass is 622 g/mol. The Morgan fingerprint density at radius 1 is 0.844 bits per heavy atom. The maximum atomic E-state index is 14.7. The Hall–Kier alpha value is -4.42. The van der Waals surface area contributed by atoms with Crippen molar-refractivity contribution in [3.8, 4) is 5.75 Å². The Bertz CT molecular complexity index is 1620. The van der Waals surface area contributed by atoms with Gasteiger partial charge in [-0.1, -0.05) is 110 Å². The summed E-state index contributed by atoms with van der Waals surface area (Å²) in [6.07, 6.45) is 0.230. The van der Waals surface area contributed by atoms with Crippen molar-refractivity contribution in [1.29, 1.82) is 0 Å². The number of carbonyl (C=O) groups excluding carboxylic acids is 3. The first-order valence-electron chi connectivity index (χ1n) is 15.3. The Morgan fingerprint density at radius 3 is 2.07 bits per heavy atom. The molecule has 4 aromatic rings. The highest BCUT2D eigenvalue weighted by atomic mass is 35.5. The molecule has 0 aliphatic carbocycles. The molecule has 6 nitrogen and oxygen atoms in total. The zero-order valence-electron chi connectivity index (χ0n) is 26.1. The minimum absolute atomic E-state index is 0.0446. The van der Waals surface area contributed by atoms with Gasteiger partial charge in [-0.2, -0.15) is 0 Å². The maximum absolute atomic E-state index is 14.7. The zero-order valence-corrected chi connectivity index (χ0v) is 26.8. The van der Waals surface area contributed by atoms with E-state index in [1.54, 1.807) is 36.3 Å². The van der Waals surface area contributed by atoms with Crippen LogP contribution in [-0.4, -0.2) is 35.6 Å². The van der Waals surface area contributed by atoms with Crippen molar-refractivity contribution in [2.24, 2.45) is 11.8 Å². The van der Waals surface area contributed by atoms with E-state index < -0.39 is 23.9 Å². The lowest BCUT2D eigenvalue weighted by Gasteiger charge is -2.32. The van der Waals surface area contributed by atoms with Crippen molar-refractivity contribution >= 4 is 29.2 Å². The number of carbonyl (C=O) groups is 3. The number of hydrogen-bond acceptors (Lipinski definition) is 4. The fourth-order valence-electron chi connectivity index (χ4n) is 6.31. The number of Topliss-reactive ketones (excluding diaryl/α,β-unsaturated/α-hetero) is 1. The molecule has 1 aliphatic rings. The molecule has 1 heterocycles. The molecule has 5 rings (SSSR count). The first-order valence-corrected chi connectivity index (χ1v) is 15.7. The van der Waals surface area contributed by atoms with Crippen LogP contribution in [0.4, 0.5) is 0 Å². The number of hydrogen-bond donors (Lipinski definition) is 1. The highest BCUT2D eigenvalue weighted by Gasteiger charge is 2.57. The van der Waals surface area contributed by atoms with Crippen molar-refractivity contribution in [1.82, 2.24) is 10.2 Å². The summed E-state index contributed by atoms with van der Waals surface area (Å²) >= 11 is 6.31. The third kappa shape index (κ3) is 7.12. The van der Waals surface area contributed by atoms with Crippen LogP contribution in [0.5, 0.6) is 5.75 Å². The van der Waals surface area contributed by atoms with Gasteiger partial charge in [0.25, 0.3) is 0 Å². The molecule has 1 fully saturated rings. The molecule has 7 heteroatoms. The van der Waals surface area contributed by atoms with Crippen LogP contribution in [0, 0.1) is 18.8 Å². The van der Waals surface area contributed by atoms with E-state index >= 15 is 0 Å². The number of methoxy groups -OCH3 is 1. The molecule has 232 valence electrons. The van der Waals surface area contributed by atoms with Crippen molar-refractivity contribution in [3.63, 3.8) is 0 Å². The molecule has 4 aromatic carbocycles. The van der Waals surface area contributed by atoms with E-state index in [1.165, 1.54) is 0 Å². The third-order valence-electron chi connectivity index (χ3n) is 8.47. The summed E-state index contributed by atoms with van der Waals surface area (Å²) in [5.41, 5.74) is 4.12. The second kappa shape index (κ2) is 14.1. The second-order valence-corrected chi connectivity index (χ2v) is 12.5. The van der Waals surface area contributed by atoms with E-state index in [2.05, 4.69) is 5.32 Å². The van der Waals surface area contributed by atoms with Crippen LogP contribution in [0.2, 0.25) is 5.02 Å². The molecular weight excluding hydrogens is 584 g/mol. The average Bonchev–Trinajstić information content (AvgIpc) is 3.41. The molecule has 2 amide bonds. The Labute approximate surface area is 270 Å². The van der Waals surface area contributed by atoms with Gasteiger partial charge in [0.15, 0.2) is 5.78 Å². The number of aryl methyl sites for hydroxylation is 1. The lowest BCUT2D eigenvalue weighted by Crippen LogP contribution is -2.48. The van der Waals surface area contributed by atoms with Gasteiger partial charge in [0, 0.05) is 29.5 Å². The fraction of sp³-hybridized carbons (Fsp3) is 0.289. The summed E-state index contributed by atoms with van der Waals surface area (Å²) in [7, 11) is 1.59. The van der Waals surface area contributed by atoms with Crippen molar-refractivity contribution in [3.05, 3.63) is 136 Å². The number of ketones is 1. The molecule has 45 heavy (non-hydrogen) atoms. The quantitative estimate of drug-likeness (QED) is 0.185. The highest BCUT2D eigenvalue weighted by Crippen LogP contribution is 2.52. The fourth-order valence-corrected chi connectivity index (χ4v) is 6.44. The van der Waals surface area contributed by atoms with Crippen molar-refractivity contribution in [2.45, 2.75) is 51.7 Å². The van der Waals surface area contributed by atoms with Crippen LogP contribution in [0.25, 0.3) is 0 Å². The summed E-state index contributed by atoms with van der Waals surface area (Å²) in [6, 6.07) is 30.1. The van der Waals surface area contributed by atoms with Gasteiger partial charge in [-0.15, -0.1) is 0 Å². The van der Waals surface area contributed by atoms with E-state index in [0.29, 0.717) is 22.9 Å². The van der Waals surface area contributed by atoms with Gasteiger partial charge in [0.2, 0.25) is 11.8 Å². The van der Waals surface area contributed by atoms with Gasteiger partial charge in [-0.05, 0) is 53.8 Å². The Kier molecular flexibility index (Phi) is 10.0. The van der Waals surface area contributed by atoms with E-state index in [9.17, 15) is 14.4 Å². The number of ether oxygens (including phenoxy) is 1. The van der Waals surface area contributed by atoms with Crippen LogP contribution in [0.3, 0.4) is 0 Å². The predicted molar refractivity (Wildman–Crippen MR) is 177 cm³/mol. The van der Waals surface area contributed by atoms with E-state index in [0.717, 1.165) is 22.3 Å². The molecule has 1 N–H and O–H groups in total. The summed E-state index contributed by atoms with van der Waals surface area (Å²) in [5.74, 6) is -1.32. The van der Waals surface area contributed by atoms with E-state index in [1.807, 2.05) is 99.6 Å². The molecule has 4 unspecified atom stereocenters. The number of nitrogens with zero attached hydrogens (tertiary/aromatic N) is 1. The zero-order chi connectivity index (χ0) is 32.1. The minimum Gasteiger partial charge on any atom is -0.497 e. The number of nitrogens with one attached hydrogen (secondary N) is 1. The van der Waals surface area contributed by atoms with Gasteiger partial charge >= 0.3 is 0 Å². The Morgan fingerprint density at radius 2 is 1.47 bits per heavy atom. The third-order valence-corrected chi connectivity index (χ3v) is 8.72. The minimum atomic E-state index is -0.951. The molecular formula is C38H39ClN2O4. The number of rotatable bonds is 10. The average molecular weight is 623 g/mol. The number of halogens is 1. The van der Waals surface area contributed by atoms with Gasteiger partial charge in [-0.25, -0.2) is 0 Å². The summed E-state index contributed by atoms with van der Waals surface area (Å²) in [6.45, 7) is 6.26. The first kappa shape index (κ1) is 32.0. The summed E-state index contributed by atoms with van der Waals surface area (Å²) in [4.78, 5) is 45.1. The molecule has 4 atom stereocenters. The smallest absolute Gasteiger partial charge is 0.243 e. The molecule has 0 saturated carbocycles. The highest BCUT2D eigenvalue weighted by molar-refractivity contribution is 6.30. The lowest BCUT2D eigenvalue weighted by atomic mass is 9.76. The summed E-state index contributed by atoms with van der Waals surface area (Å²) in [5, 5.41) is 3.65. The molecule has 0 spiro atoms. The predicted octanol–water partition coefficient (Wildman–Crippen LogP) is 7.55. The molecule has 0 bridgehead atoms. The van der Waals surface area contributed by atoms with Crippen molar-refractivity contribution in [2.75, 3.05) is 7.11 Å². The number of benzene rings is 4. The van der Waals surface area contributed by atoms with Gasteiger partial charge in [0.1, 0.15) is 11.8 Å². The Balaban J connectivity index is 1.69. The second-order valence-electron chi connectivity index (χ2n) is 12.1. The largest absolute Gasteiger partial charge is 0.497 e. The summed E-state index contributed by atoms with van der Waals surface area (Å²) < 4.78 is 5.42. The SMILES string of the molecule is COc1ccc(C2C(C(=O)c3ccccc3)C(c3ccc(Cl)cc3)C(C(=O)NCc3ccc(C)cc3)N2C(=O)CC(C)C)cc1. The molecule has 0 aromatic heterocycles. The van der Waals surface area contributed by atoms with Crippen LogP contribution in [0.1, 0.15) is 64.8 Å². The lowest BCUT2D eigenvalue weighted by molar-refractivity contribution is -0.141. The maximum Gasteiger partial charge on any atom is 0.243 e. The molecule has 1 saturated heterocycles.